The number of benzene rings is 1. The number of piperidine rings is 1. The Kier molecular flexibility index (Phi) is 6.28. The van der Waals surface area contributed by atoms with Crippen molar-refractivity contribution < 1.29 is 48.8 Å². The van der Waals surface area contributed by atoms with Crippen molar-refractivity contribution in [3.8, 4) is 0 Å². The number of rotatable bonds is 5. The number of carbonyl (C=O) groups excluding carboxylic acids is 1. The van der Waals surface area contributed by atoms with Crippen LogP contribution in [0.5, 0.6) is 0 Å². The normalized spacial score (nSPS) is 17.7. The largest absolute Gasteiger partial charge is 0.492 e. The molecule has 0 radical (unpaired) electrons. The molecule has 1 saturated heterocycles. The van der Waals surface area contributed by atoms with Gasteiger partial charge in [0.2, 0.25) is 9.84 Å². The molecule has 1 aromatic rings. The van der Waals surface area contributed by atoms with Gasteiger partial charge in [-0.15, -0.1) is 5.06 Å². The van der Waals surface area contributed by atoms with Crippen LogP contribution in [0.3, 0.4) is 0 Å². The first-order chi connectivity index (χ1) is 12.8. The Morgan fingerprint density at radius 3 is 2.11 bits per heavy atom. The molecular formula is C15H14F7NO4S. The highest BCUT2D eigenvalue weighted by molar-refractivity contribution is 7.92. The lowest BCUT2D eigenvalue weighted by molar-refractivity contribution is -0.244. The third-order valence-electron chi connectivity index (χ3n) is 4.17. The fraction of sp³-hybridized carbons (Fsp3) is 0.533. The van der Waals surface area contributed by atoms with E-state index in [2.05, 4.69) is 4.84 Å². The van der Waals surface area contributed by atoms with Crippen LogP contribution in [0, 0.1) is 5.92 Å². The summed E-state index contributed by atoms with van der Waals surface area (Å²) in [6.07, 6.45) is -9.84. The molecule has 2 rings (SSSR count). The van der Waals surface area contributed by atoms with E-state index in [0.717, 1.165) is 12.1 Å². The van der Waals surface area contributed by atoms with Crippen LogP contribution in [0.25, 0.3) is 0 Å². The molecule has 158 valence electrons. The van der Waals surface area contributed by atoms with E-state index >= 15 is 0 Å². The molecule has 0 saturated carbocycles. The minimum atomic E-state index is -5.50. The van der Waals surface area contributed by atoms with Gasteiger partial charge < -0.3 is 4.84 Å². The number of alkyl halides is 7. The predicted molar refractivity (Wildman–Crippen MR) is 80.0 cm³/mol. The van der Waals surface area contributed by atoms with Crippen molar-refractivity contribution in [3.05, 3.63) is 29.8 Å². The Hall–Kier alpha value is -1.89. The molecular weight excluding hydrogens is 423 g/mol. The molecule has 1 aliphatic rings. The van der Waals surface area contributed by atoms with Gasteiger partial charge in [-0.2, -0.15) is 22.0 Å². The molecule has 1 fully saturated rings. The Morgan fingerprint density at radius 2 is 1.61 bits per heavy atom. The second-order valence-electron chi connectivity index (χ2n) is 5.98. The second-order valence-corrected chi connectivity index (χ2v) is 7.97. The van der Waals surface area contributed by atoms with E-state index in [1.54, 1.807) is 0 Å². The van der Waals surface area contributed by atoms with Crippen molar-refractivity contribution in [3.63, 3.8) is 0 Å². The van der Waals surface area contributed by atoms with Crippen LogP contribution in [-0.2, 0) is 19.5 Å². The maximum Gasteiger partial charge on any atom is 0.492 e. The maximum absolute atomic E-state index is 14.7. The average Bonchev–Trinajstić information content (AvgIpc) is 2.61. The zero-order valence-corrected chi connectivity index (χ0v) is 14.7. The number of sulfone groups is 1. The highest BCUT2D eigenvalue weighted by Crippen LogP contribution is 2.43. The number of hydrogen-bond donors (Lipinski definition) is 0. The smallest absolute Gasteiger partial charge is 0.361 e. The van der Waals surface area contributed by atoms with E-state index < -0.39 is 76.0 Å². The minimum absolute atomic E-state index is 0.502. The van der Waals surface area contributed by atoms with Crippen molar-refractivity contribution in [2.24, 2.45) is 5.92 Å². The summed E-state index contributed by atoms with van der Waals surface area (Å²) in [7, 11) is -5.50. The van der Waals surface area contributed by atoms with E-state index in [-0.39, 0.29) is 0 Å². The number of carbonyl (C=O) groups is 1. The molecule has 0 unspecified atom stereocenters. The van der Waals surface area contributed by atoms with Crippen molar-refractivity contribution in [1.82, 2.24) is 5.06 Å². The van der Waals surface area contributed by atoms with Gasteiger partial charge in [0.05, 0.1) is 4.90 Å². The molecule has 0 amide bonds. The minimum Gasteiger partial charge on any atom is -0.361 e. The lowest BCUT2D eigenvalue weighted by atomic mass is 9.98. The van der Waals surface area contributed by atoms with Gasteiger partial charge in [0.15, 0.2) is 0 Å². The molecule has 28 heavy (non-hydrogen) atoms. The fourth-order valence-electron chi connectivity index (χ4n) is 2.72. The summed E-state index contributed by atoms with van der Waals surface area (Å²) in [5.74, 6) is -4.39. The van der Waals surface area contributed by atoms with Gasteiger partial charge in [-0.05, 0) is 18.9 Å². The Balaban J connectivity index is 2.17. The van der Waals surface area contributed by atoms with Crippen LogP contribution < -0.4 is 0 Å². The summed E-state index contributed by atoms with van der Waals surface area (Å²) in [6.45, 7) is -1.15. The topological polar surface area (TPSA) is 63.7 Å². The lowest BCUT2D eigenvalue weighted by Gasteiger charge is -2.34. The lowest BCUT2D eigenvalue weighted by Crippen LogP contribution is -2.46. The SMILES string of the molecule is O=C(ON1CCC(C(F)(F)S(=O)(=O)c2ccccc2C(F)F)CC1)C(F)(F)F. The predicted octanol–water partition coefficient (Wildman–Crippen LogP) is 3.72. The monoisotopic (exact) mass is 437 g/mol. The first-order valence-corrected chi connectivity index (χ1v) is 9.30. The molecule has 0 atom stereocenters. The molecule has 0 spiro atoms. The quantitative estimate of drug-likeness (QED) is 0.657. The first-order valence-electron chi connectivity index (χ1n) is 7.82. The van der Waals surface area contributed by atoms with Crippen LogP contribution in [0.1, 0.15) is 24.8 Å². The molecule has 1 aliphatic heterocycles. The zero-order chi connectivity index (χ0) is 21.3. The number of nitrogens with zero attached hydrogens (tertiary/aromatic N) is 1. The molecule has 0 aromatic heterocycles. The summed E-state index contributed by atoms with van der Waals surface area (Å²) < 4.78 is 116. The van der Waals surface area contributed by atoms with Crippen molar-refractivity contribution in [1.29, 1.82) is 0 Å². The van der Waals surface area contributed by atoms with Crippen LogP contribution in [-0.4, -0.2) is 44.0 Å². The molecule has 1 heterocycles. The molecule has 5 nitrogen and oxygen atoms in total. The second kappa shape index (κ2) is 7.85. The zero-order valence-electron chi connectivity index (χ0n) is 13.9. The molecule has 0 bridgehead atoms. The third-order valence-corrected chi connectivity index (χ3v) is 6.18. The van der Waals surface area contributed by atoms with E-state index in [1.807, 2.05) is 0 Å². The van der Waals surface area contributed by atoms with Gasteiger partial charge in [0.1, 0.15) is 0 Å². The van der Waals surface area contributed by atoms with E-state index in [9.17, 15) is 43.9 Å². The van der Waals surface area contributed by atoms with Crippen molar-refractivity contribution in [2.75, 3.05) is 13.1 Å². The fourth-order valence-corrected chi connectivity index (χ4v) is 4.42. The Labute approximate surface area is 154 Å². The van der Waals surface area contributed by atoms with Crippen LogP contribution in [0.2, 0.25) is 0 Å². The highest BCUT2D eigenvalue weighted by Gasteiger charge is 2.54. The van der Waals surface area contributed by atoms with E-state index in [1.165, 1.54) is 0 Å². The summed E-state index contributed by atoms with van der Waals surface area (Å²) in [5, 5.41) is -3.94. The van der Waals surface area contributed by atoms with Crippen LogP contribution in [0.4, 0.5) is 30.7 Å². The van der Waals surface area contributed by atoms with Crippen molar-refractivity contribution in [2.45, 2.75) is 35.6 Å². The maximum atomic E-state index is 14.7. The number of halogens is 7. The first kappa shape index (κ1) is 22.4. The van der Waals surface area contributed by atoms with Crippen LogP contribution in [0.15, 0.2) is 29.2 Å². The van der Waals surface area contributed by atoms with Gasteiger partial charge in [-0.3, -0.25) is 0 Å². The van der Waals surface area contributed by atoms with Gasteiger partial charge in [-0.25, -0.2) is 22.0 Å². The molecule has 0 N–H and O–H groups in total. The summed E-state index contributed by atoms with van der Waals surface area (Å²) in [6, 6.07) is 3.46. The number of hydroxylamine groups is 2. The van der Waals surface area contributed by atoms with Crippen LogP contribution >= 0.6 is 0 Å². The highest BCUT2D eigenvalue weighted by atomic mass is 32.2. The van der Waals surface area contributed by atoms with E-state index in [0.29, 0.717) is 17.2 Å². The Bertz CT molecular complexity index is 818. The van der Waals surface area contributed by atoms with Gasteiger partial charge in [0, 0.05) is 24.6 Å². The van der Waals surface area contributed by atoms with Gasteiger partial charge >= 0.3 is 17.4 Å². The number of hydrogen-bond acceptors (Lipinski definition) is 5. The summed E-state index contributed by atoms with van der Waals surface area (Å²) in [5.41, 5.74) is -1.07. The summed E-state index contributed by atoms with van der Waals surface area (Å²) >= 11 is 0. The molecule has 1 aromatic carbocycles. The van der Waals surface area contributed by atoms with Gasteiger partial charge in [-0.1, -0.05) is 18.2 Å². The molecule has 0 aliphatic carbocycles. The third kappa shape index (κ3) is 4.40. The summed E-state index contributed by atoms with van der Waals surface area (Å²) in [4.78, 5) is 13.6. The Morgan fingerprint density at radius 1 is 1.07 bits per heavy atom. The van der Waals surface area contributed by atoms with E-state index in [4.69, 9.17) is 0 Å². The standard InChI is InChI=1S/C15H14F7NO4S/c16-12(17)10-3-1-2-4-11(10)28(25,26)15(21,22)9-5-7-23(8-6-9)27-13(24)14(18,19)20/h1-4,9,12H,5-8H2. The average molecular weight is 437 g/mol. The molecule has 13 heteroatoms. The van der Waals surface area contributed by atoms with Gasteiger partial charge in [0.25, 0.3) is 6.43 Å². The van der Waals surface area contributed by atoms with Crippen molar-refractivity contribution >= 4 is 15.8 Å².